The van der Waals surface area contributed by atoms with Crippen LogP contribution in [0.4, 0.5) is 0 Å². The molecular formula is C18H26N2OS. The van der Waals surface area contributed by atoms with Gasteiger partial charge < -0.3 is 4.90 Å². The second-order valence-corrected chi connectivity index (χ2v) is 8.36. The van der Waals surface area contributed by atoms with Crippen LogP contribution in [0.3, 0.4) is 0 Å². The Bertz CT molecular complexity index is 535. The summed E-state index contributed by atoms with van der Waals surface area (Å²) in [4.78, 5) is 19.8. The summed E-state index contributed by atoms with van der Waals surface area (Å²) in [5, 5.41) is 3.27. The van der Waals surface area contributed by atoms with Crippen molar-refractivity contribution < 1.29 is 4.79 Å². The highest BCUT2D eigenvalue weighted by Crippen LogP contribution is 2.51. The standard InChI is InChI=1S/C18H26N2OS/c1-12-11-22-18(19-12)16-4-2-3-9-20(16)17(21)10-15(13-5-6-13)14-7-8-14/h11,13-16H,2-10H2,1H3/t16-/m0/s1. The van der Waals surface area contributed by atoms with E-state index in [1.165, 1.54) is 32.1 Å². The Balaban J connectivity index is 1.47. The molecule has 1 amide bonds. The van der Waals surface area contributed by atoms with Gasteiger partial charge in [-0.3, -0.25) is 4.79 Å². The molecule has 3 nitrogen and oxygen atoms in total. The summed E-state index contributed by atoms with van der Waals surface area (Å²) in [6.07, 6.45) is 9.73. The van der Waals surface area contributed by atoms with E-state index in [0.29, 0.717) is 11.8 Å². The number of hydrogen-bond donors (Lipinski definition) is 0. The van der Waals surface area contributed by atoms with Crippen molar-refractivity contribution >= 4 is 17.2 Å². The molecular weight excluding hydrogens is 292 g/mol. The Kier molecular flexibility index (Phi) is 3.97. The van der Waals surface area contributed by atoms with E-state index in [0.717, 1.165) is 48.3 Å². The molecule has 1 atom stereocenters. The van der Waals surface area contributed by atoms with Crippen LogP contribution in [0.5, 0.6) is 0 Å². The van der Waals surface area contributed by atoms with Gasteiger partial charge in [0.25, 0.3) is 0 Å². The van der Waals surface area contributed by atoms with Gasteiger partial charge in [0, 0.05) is 24.0 Å². The molecule has 2 heterocycles. The Morgan fingerprint density at radius 3 is 2.59 bits per heavy atom. The highest BCUT2D eigenvalue weighted by Gasteiger charge is 2.43. The first-order valence-electron chi connectivity index (χ1n) is 8.94. The van der Waals surface area contributed by atoms with Crippen molar-refractivity contribution in [1.29, 1.82) is 0 Å². The first-order chi connectivity index (χ1) is 10.7. The average Bonchev–Trinajstić information content (AvgIpc) is 3.44. The van der Waals surface area contributed by atoms with Crippen LogP contribution in [-0.2, 0) is 4.79 Å². The van der Waals surface area contributed by atoms with Crippen LogP contribution in [0.15, 0.2) is 5.38 Å². The molecule has 120 valence electrons. The number of nitrogens with zero attached hydrogens (tertiary/aromatic N) is 2. The fourth-order valence-electron chi connectivity index (χ4n) is 4.10. The van der Waals surface area contributed by atoms with Gasteiger partial charge in [0.1, 0.15) is 5.01 Å². The average molecular weight is 318 g/mol. The Morgan fingerprint density at radius 1 is 1.27 bits per heavy atom. The van der Waals surface area contributed by atoms with E-state index >= 15 is 0 Å². The molecule has 4 rings (SSSR count). The number of carbonyl (C=O) groups is 1. The van der Waals surface area contributed by atoms with Crippen LogP contribution >= 0.6 is 11.3 Å². The van der Waals surface area contributed by atoms with Crippen LogP contribution in [0.25, 0.3) is 0 Å². The summed E-state index contributed by atoms with van der Waals surface area (Å²) >= 11 is 1.73. The second-order valence-electron chi connectivity index (χ2n) is 7.47. The number of hydrogen-bond acceptors (Lipinski definition) is 3. The lowest BCUT2D eigenvalue weighted by Gasteiger charge is -2.35. The summed E-state index contributed by atoms with van der Waals surface area (Å²) < 4.78 is 0. The smallest absolute Gasteiger partial charge is 0.223 e. The summed E-state index contributed by atoms with van der Waals surface area (Å²) in [7, 11) is 0. The van der Waals surface area contributed by atoms with E-state index in [1.54, 1.807) is 11.3 Å². The molecule has 2 aliphatic carbocycles. The molecule has 4 heteroatoms. The van der Waals surface area contributed by atoms with Crippen molar-refractivity contribution in [3.8, 4) is 0 Å². The maximum atomic E-state index is 13.0. The number of thiazole rings is 1. The molecule has 1 aromatic rings. The fraction of sp³-hybridized carbons (Fsp3) is 0.778. The number of piperidine rings is 1. The molecule has 0 radical (unpaired) electrons. The summed E-state index contributed by atoms with van der Waals surface area (Å²) in [6.45, 7) is 2.98. The Morgan fingerprint density at radius 2 is 2.00 bits per heavy atom. The molecule has 0 aromatic carbocycles. The largest absolute Gasteiger partial charge is 0.333 e. The van der Waals surface area contributed by atoms with E-state index < -0.39 is 0 Å². The summed E-state index contributed by atoms with van der Waals surface area (Å²) in [6, 6.07) is 0.249. The summed E-state index contributed by atoms with van der Waals surface area (Å²) in [5.41, 5.74) is 1.09. The molecule has 3 aliphatic rings. The van der Waals surface area contributed by atoms with Gasteiger partial charge in [0.05, 0.1) is 6.04 Å². The van der Waals surface area contributed by atoms with Gasteiger partial charge >= 0.3 is 0 Å². The highest BCUT2D eigenvalue weighted by atomic mass is 32.1. The zero-order valence-electron chi connectivity index (χ0n) is 13.5. The van der Waals surface area contributed by atoms with E-state index in [-0.39, 0.29) is 6.04 Å². The van der Waals surface area contributed by atoms with Gasteiger partial charge in [0.15, 0.2) is 0 Å². The topological polar surface area (TPSA) is 33.2 Å². The SMILES string of the molecule is Cc1csc([C@@H]2CCCCN2C(=O)CC(C2CC2)C2CC2)n1. The molecule has 3 fully saturated rings. The zero-order valence-corrected chi connectivity index (χ0v) is 14.3. The van der Waals surface area contributed by atoms with Crippen LogP contribution in [0.2, 0.25) is 0 Å². The molecule has 2 saturated carbocycles. The molecule has 1 saturated heterocycles. The van der Waals surface area contributed by atoms with Crippen LogP contribution in [0.1, 0.15) is 68.1 Å². The maximum absolute atomic E-state index is 13.0. The maximum Gasteiger partial charge on any atom is 0.223 e. The van der Waals surface area contributed by atoms with E-state index in [1.807, 2.05) is 6.92 Å². The number of aryl methyl sites for hydroxylation is 1. The number of likely N-dealkylation sites (tertiary alicyclic amines) is 1. The van der Waals surface area contributed by atoms with Crippen LogP contribution in [-0.4, -0.2) is 22.3 Å². The zero-order chi connectivity index (χ0) is 15.1. The lowest BCUT2D eigenvalue weighted by molar-refractivity contribution is -0.136. The first kappa shape index (κ1) is 14.7. The number of amides is 1. The highest BCUT2D eigenvalue weighted by molar-refractivity contribution is 7.09. The first-order valence-corrected chi connectivity index (χ1v) is 9.82. The molecule has 0 bridgehead atoms. The van der Waals surface area contributed by atoms with Gasteiger partial charge in [-0.05, 0) is 69.6 Å². The number of rotatable bonds is 5. The lowest BCUT2D eigenvalue weighted by atomic mass is 9.92. The minimum atomic E-state index is 0.249. The molecule has 22 heavy (non-hydrogen) atoms. The Labute approximate surface area is 137 Å². The van der Waals surface area contributed by atoms with Crippen molar-refractivity contribution in [1.82, 2.24) is 9.88 Å². The van der Waals surface area contributed by atoms with Gasteiger partial charge in [-0.1, -0.05) is 0 Å². The van der Waals surface area contributed by atoms with Crippen molar-refractivity contribution in [2.75, 3.05) is 6.54 Å². The molecule has 0 N–H and O–H groups in total. The van der Waals surface area contributed by atoms with Gasteiger partial charge in [-0.25, -0.2) is 4.98 Å². The predicted octanol–water partition coefficient (Wildman–Crippen LogP) is 4.33. The van der Waals surface area contributed by atoms with Gasteiger partial charge in [0.2, 0.25) is 5.91 Å². The lowest BCUT2D eigenvalue weighted by Crippen LogP contribution is -2.39. The fourth-order valence-corrected chi connectivity index (χ4v) is 5.04. The van der Waals surface area contributed by atoms with Gasteiger partial charge in [-0.15, -0.1) is 11.3 Å². The normalized spacial score (nSPS) is 25.7. The van der Waals surface area contributed by atoms with Crippen molar-refractivity contribution in [3.05, 3.63) is 16.1 Å². The third-order valence-corrected chi connectivity index (χ3v) is 6.67. The third-order valence-electron chi connectivity index (χ3n) is 5.61. The van der Waals surface area contributed by atoms with Crippen LogP contribution in [0, 0.1) is 24.7 Å². The van der Waals surface area contributed by atoms with Crippen LogP contribution < -0.4 is 0 Å². The Hall–Kier alpha value is -0.900. The predicted molar refractivity (Wildman–Crippen MR) is 88.7 cm³/mol. The molecule has 0 spiro atoms. The van der Waals surface area contributed by atoms with E-state index in [4.69, 9.17) is 0 Å². The number of carbonyl (C=O) groups excluding carboxylic acids is 1. The second kappa shape index (κ2) is 5.95. The quantitative estimate of drug-likeness (QED) is 0.809. The summed E-state index contributed by atoms with van der Waals surface area (Å²) in [5.74, 6) is 2.82. The molecule has 1 aliphatic heterocycles. The van der Waals surface area contributed by atoms with E-state index in [9.17, 15) is 4.79 Å². The minimum Gasteiger partial charge on any atom is -0.333 e. The third kappa shape index (κ3) is 3.08. The number of aromatic nitrogens is 1. The van der Waals surface area contributed by atoms with Crippen molar-refractivity contribution in [2.24, 2.45) is 17.8 Å². The molecule has 0 unspecified atom stereocenters. The monoisotopic (exact) mass is 318 g/mol. The van der Waals surface area contributed by atoms with Crippen molar-refractivity contribution in [2.45, 2.75) is 64.3 Å². The van der Waals surface area contributed by atoms with Gasteiger partial charge in [-0.2, -0.15) is 0 Å². The van der Waals surface area contributed by atoms with Crippen molar-refractivity contribution in [3.63, 3.8) is 0 Å². The minimum absolute atomic E-state index is 0.249. The van der Waals surface area contributed by atoms with E-state index in [2.05, 4.69) is 15.3 Å². The molecule has 1 aromatic heterocycles.